The number of hydrogen-bond acceptors (Lipinski definition) is 4. The molecule has 2 aromatic heterocycles. The lowest BCUT2D eigenvalue weighted by atomic mass is 10.1. The van der Waals surface area contributed by atoms with Gasteiger partial charge in [-0.3, -0.25) is 9.25 Å². The molecule has 1 aromatic carbocycles. The molecule has 0 saturated heterocycles. The molecule has 1 unspecified atom stereocenters. The van der Waals surface area contributed by atoms with Gasteiger partial charge in [0.1, 0.15) is 11.9 Å². The van der Waals surface area contributed by atoms with Crippen LogP contribution in [-0.2, 0) is 24.8 Å². The van der Waals surface area contributed by atoms with Crippen molar-refractivity contribution in [2.45, 2.75) is 31.8 Å². The van der Waals surface area contributed by atoms with Crippen molar-refractivity contribution in [2.24, 2.45) is 7.05 Å². The lowest BCUT2D eigenvalue weighted by molar-refractivity contribution is -0.141. The van der Waals surface area contributed by atoms with Gasteiger partial charge >= 0.3 is 11.7 Å². The first-order valence-corrected chi connectivity index (χ1v) is 7.86. The summed E-state index contributed by atoms with van der Waals surface area (Å²) in [4.78, 5) is 24.0. The second-order valence-corrected chi connectivity index (χ2v) is 6.13. The molecule has 3 heterocycles. The van der Waals surface area contributed by atoms with Crippen molar-refractivity contribution in [2.75, 3.05) is 0 Å². The van der Waals surface area contributed by atoms with Gasteiger partial charge in [-0.15, -0.1) is 0 Å². The summed E-state index contributed by atoms with van der Waals surface area (Å²) in [7, 11) is 1.88. The SMILES string of the molecule is Cn1ncc2cc(Cn3nc4n(c3=O)C(C(=O)O)CCC4)ccc21. The number of carboxylic acid groups (broad SMARTS) is 1. The predicted octanol–water partition coefficient (Wildman–Crippen LogP) is 0.942. The summed E-state index contributed by atoms with van der Waals surface area (Å²) in [5.41, 5.74) is 1.59. The molecule has 4 rings (SSSR count). The number of carboxylic acids is 1. The summed E-state index contributed by atoms with van der Waals surface area (Å²) in [6.07, 6.45) is 3.61. The Labute approximate surface area is 136 Å². The van der Waals surface area contributed by atoms with E-state index in [-0.39, 0.29) is 5.69 Å². The molecule has 8 heteroatoms. The smallest absolute Gasteiger partial charge is 0.347 e. The molecular formula is C16H17N5O3. The number of aryl methyl sites for hydroxylation is 2. The van der Waals surface area contributed by atoms with E-state index in [2.05, 4.69) is 10.2 Å². The summed E-state index contributed by atoms with van der Waals surface area (Å²) in [6, 6.07) is 5.06. The van der Waals surface area contributed by atoms with E-state index in [0.29, 0.717) is 25.2 Å². The molecule has 0 radical (unpaired) electrons. The number of aromatic nitrogens is 5. The van der Waals surface area contributed by atoms with Crippen molar-refractivity contribution >= 4 is 16.9 Å². The van der Waals surface area contributed by atoms with E-state index in [0.717, 1.165) is 22.9 Å². The van der Waals surface area contributed by atoms with E-state index >= 15 is 0 Å². The standard InChI is InChI=1S/C16H17N5O3/c1-19-12-6-5-10(7-11(12)8-17-19)9-20-16(24)21-13(15(22)23)3-2-4-14(21)18-20/h5-8,13H,2-4,9H2,1H3,(H,22,23). The van der Waals surface area contributed by atoms with Crippen LogP contribution in [0.4, 0.5) is 0 Å². The number of nitrogens with zero attached hydrogens (tertiary/aromatic N) is 5. The van der Waals surface area contributed by atoms with Crippen LogP contribution >= 0.6 is 0 Å². The quantitative estimate of drug-likeness (QED) is 0.772. The summed E-state index contributed by atoms with van der Waals surface area (Å²) in [5, 5.41) is 18.9. The first kappa shape index (κ1) is 14.7. The van der Waals surface area contributed by atoms with Gasteiger partial charge in [-0.2, -0.15) is 10.2 Å². The van der Waals surface area contributed by atoms with Gasteiger partial charge in [0, 0.05) is 18.9 Å². The highest BCUT2D eigenvalue weighted by molar-refractivity contribution is 5.79. The predicted molar refractivity (Wildman–Crippen MR) is 85.9 cm³/mol. The molecule has 1 aliphatic rings. The number of rotatable bonds is 3. The molecule has 0 amide bonds. The van der Waals surface area contributed by atoms with Crippen molar-refractivity contribution in [3.63, 3.8) is 0 Å². The van der Waals surface area contributed by atoms with E-state index < -0.39 is 12.0 Å². The summed E-state index contributed by atoms with van der Waals surface area (Å²) >= 11 is 0. The minimum atomic E-state index is -0.977. The fourth-order valence-corrected chi connectivity index (χ4v) is 3.35. The lowest BCUT2D eigenvalue weighted by Crippen LogP contribution is -2.34. The number of carbonyl (C=O) groups is 1. The van der Waals surface area contributed by atoms with Crippen LogP contribution < -0.4 is 5.69 Å². The highest BCUT2D eigenvalue weighted by atomic mass is 16.4. The Kier molecular flexibility index (Phi) is 3.26. The fraction of sp³-hybridized carbons (Fsp3) is 0.375. The van der Waals surface area contributed by atoms with Gasteiger partial charge in [0.05, 0.1) is 18.3 Å². The third-order valence-electron chi connectivity index (χ3n) is 4.56. The molecule has 0 aliphatic carbocycles. The molecule has 0 bridgehead atoms. The first-order valence-electron chi connectivity index (χ1n) is 7.86. The average Bonchev–Trinajstić information content (AvgIpc) is 3.08. The second kappa shape index (κ2) is 5.33. The Hall–Kier alpha value is -2.90. The second-order valence-electron chi connectivity index (χ2n) is 6.13. The maximum Gasteiger partial charge on any atom is 0.347 e. The number of fused-ring (bicyclic) bond motifs is 2. The molecule has 0 saturated carbocycles. The Bertz CT molecular complexity index is 997. The van der Waals surface area contributed by atoms with Crippen LogP contribution in [0.3, 0.4) is 0 Å². The molecule has 1 N–H and O–H groups in total. The van der Waals surface area contributed by atoms with E-state index in [4.69, 9.17) is 0 Å². The maximum absolute atomic E-state index is 12.6. The minimum absolute atomic E-state index is 0.315. The summed E-state index contributed by atoms with van der Waals surface area (Å²) in [5.74, 6) is -0.421. The van der Waals surface area contributed by atoms with Gasteiger partial charge in [0.2, 0.25) is 0 Å². The molecule has 3 aromatic rings. The molecule has 124 valence electrons. The van der Waals surface area contributed by atoms with Crippen LogP contribution in [0.2, 0.25) is 0 Å². The van der Waals surface area contributed by atoms with Crippen LogP contribution in [0.5, 0.6) is 0 Å². The Morgan fingerprint density at radius 2 is 2.25 bits per heavy atom. The largest absolute Gasteiger partial charge is 0.480 e. The zero-order valence-corrected chi connectivity index (χ0v) is 13.2. The first-order chi connectivity index (χ1) is 11.5. The minimum Gasteiger partial charge on any atom is -0.480 e. The average molecular weight is 327 g/mol. The third-order valence-corrected chi connectivity index (χ3v) is 4.56. The van der Waals surface area contributed by atoms with Crippen LogP contribution in [0.1, 0.15) is 30.3 Å². The number of aliphatic carboxylic acids is 1. The molecule has 1 aliphatic heterocycles. The van der Waals surface area contributed by atoms with Gasteiger partial charge < -0.3 is 5.11 Å². The van der Waals surface area contributed by atoms with Crippen LogP contribution in [0, 0.1) is 0 Å². The topological polar surface area (TPSA) is 94.9 Å². The van der Waals surface area contributed by atoms with Gasteiger partial charge in [-0.1, -0.05) is 6.07 Å². The van der Waals surface area contributed by atoms with Crippen molar-refractivity contribution < 1.29 is 9.90 Å². The Morgan fingerprint density at radius 3 is 3.04 bits per heavy atom. The third kappa shape index (κ3) is 2.22. The molecule has 8 nitrogen and oxygen atoms in total. The van der Waals surface area contributed by atoms with Gasteiger partial charge in [-0.25, -0.2) is 14.3 Å². The van der Waals surface area contributed by atoms with Gasteiger partial charge in [0.15, 0.2) is 0 Å². The van der Waals surface area contributed by atoms with Gasteiger partial charge in [0.25, 0.3) is 0 Å². The zero-order valence-electron chi connectivity index (χ0n) is 13.2. The van der Waals surface area contributed by atoms with E-state index in [9.17, 15) is 14.7 Å². The molecule has 1 atom stereocenters. The van der Waals surface area contributed by atoms with Crippen LogP contribution in [0.15, 0.2) is 29.2 Å². The Morgan fingerprint density at radius 1 is 1.42 bits per heavy atom. The highest BCUT2D eigenvalue weighted by Gasteiger charge is 2.30. The number of benzene rings is 1. The van der Waals surface area contributed by atoms with Crippen molar-refractivity contribution in [1.29, 1.82) is 0 Å². The normalized spacial score (nSPS) is 17.1. The van der Waals surface area contributed by atoms with E-state index in [1.54, 1.807) is 10.9 Å². The zero-order chi connectivity index (χ0) is 16.8. The molecule has 24 heavy (non-hydrogen) atoms. The lowest BCUT2D eigenvalue weighted by Gasteiger charge is -2.19. The summed E-state index contributed by atoms with van der Waals surface area (Å²) in [6.45, 7) is 0.315. The molecular weight excluding hydrogens is 310 g/mol. The Balaban J connectivity index is 1.72. The maximum atomic E-state index is 12.6. The summed E-state index contributed by atoms with van der Waals surface area (Å²) < 4.78 is 4.47. The van der Waals surface area contributed by atoms with Gasteiger partial charge in [-0.05, 0) is 30.5 Å². The fourth-order valence-electron chi connectivity index (χ4n) is 3.35. The van der Waals surface area contributed by atoms with Crippen LogP contribution in [-0.4, -0.2) is 35.2 Å². The van der Waals surface area contributed by atoms with Crippen molar-refractivity contribution in [3.8, 4) is 0 Å². The number of hydrogen-bond donors (Lipinski definition) is 1. The monoisotopic (exact) mass is 327 g/mol. The van der Waals surface area contributed by atoms with Crippen molar-refractivity contribution in [3.05, 3.63) is 46.3 Å². The van der Waals surface area contributed by atoms with E-state index in [1.807, 2.05) is 25.2 Å². The van der Waals surface area contributed by atoms with Crippen LogP contribution in [0.25, 0.3) is 10.9 Å². The molecule has 0 fully saturated rings. The highest BCUT2D eigenvalue weighted by Crippen LogP contribution is 2.22. The van der Waals surface area contributed by atoms with E-state index in [1.165, 1.54) is 9.25 Å². The van der Waals surface area contributed by atoms with Crippen molar-refractivity contribution in [1.82, 2.24) is 24.1 Å². The molecule has 0 spiro atoms.